The lowest BCUT2D eigenvalue weighted by Crippen LogP contribution is -2.55. The Hall–Kier alpha value is -12.1. The van der Waals surface area contributed by atoms with Crippen LogP contribution in [0, 0.1) is 47.3 Å². The molecule has 1 N–H and O–H groups in total. The lowest BCUT2D eigenvalue weighted by Gasteiger charge is -2.61. The van der Waals surface area contributed by atoms with E-state index in [1.54, 1.807) is 22.3 Å². The Bertz CT molecular complexity index is 6780. The second-order valence-electron chi connectivity index (χ2n) is 38.4. The van der Waals surface area contributed by atoms with E-state index in [1.807, 2.05) is 6.07 Å². The third-order valence-electron chi connectivity index (χ3n) is 31.7. The molecule has 0 saturated heterocycles. The van der Waals surface area contributed by atoms with Gasteiger partial charge in [0.15, 0.2) is 0 Å². The summed E-state index contributed by atoms with van der Waals surface area (Å²) in [6, 6.07) is 131. The van der Waals surface area contributed by atoms with Crippen LogP contribution in [-0.4, -0.2) is 0 Å². The standard InChI is InChI=1S/C59H49N.C32H27Cl.C27H23N/c1-58(2)53-18-10-8-15-48(53)50-27-25-45(36-55(50)58)60(44-23-20-40(21-24-44)39-12-4-3-5-13-39)57-29-28-46(47-14-6-7-17-52(47)57)41-22-26-51-49-16-9-11-19-54(49)59(56(51)35-41)42-31-37-30-38(33-42)34-43(59)32-37;33-31-12-11-24(25-5-1-2-7-28(25)31)21-9-10-27-26-6-3-4-8-29(26)32(30(27)18-21)22-14-19-13-20(16-22)17-23(32)15-19;1-27(2)25-11-7-6-10-23(25)24-17-16-22(18-26(24)27)28-21-14-12-20(13-15-21)19-8-4-3-5-9-19/h3-29,35-38,42-43H,30-34H2,1-2H3;1-12,18-20,22-23H,13-17H2;3-18,28H,1-2H3. The van der Waals surface area contributed by atoms with E-state index in [0.717, 1.165) is 74.8 Å². The average Bonchev–Trinajstić information content (AvgIpc) is 1.54. The largest absolute Gasteiger partial charge is 0.356 e. The summed E-state index contributed by atoms with van der Waals surface area (Å²) >= 11 is 6.57. The van der Waals surface area contributed by atoms with Crippen molar-refractivity contribution in [2.24, 2.45) is 47.3 Å². The minimum atomic E-state index is -0.0987. The smallest absolute Gasteiger partial charge is 0.0540 e. The highest BCUT2D eigenvalue weighted by atomic mass is 35.5. The molecule has 12 aliphatic carbocycles. The van der Waals surface area contributed by atoms with E-state index in [9.17, 15) is 0 Å². The van der Waals surface area contributed by atoms with Crippen molar-refractivity contribution in [3.05, 3.63) is 401 Å². The third kappa shape index (κ3) is 11.3. The van der Waals surface area contributed by atoms with Gasteiger partial charge in [0.2, 0.25) is 0 Å². The molecule has 0 unspecified atom stereocenters. The van der Waals surface area contributed by atoms with E-state index in [4.69, 9.17) is 11.6 Å². The minimum Gasteiger partial charge on any atom is -0.356 e. The summed E-state index contributed by atoms with van der Waals surface area (Å²) in [5.41, 5.74) is 39.7. The molecule has 0 aliphatic heterocycles. The van der Waals surface area contributed by atoms with Crippen molar-refractivity contribution in [1.82, 2.24) is 0 Å². The van der Waals surface area contributed by atoms with Gasteiger partial charge >= 0.3 is 0 Å². The van der Waals surface area contributed by atoms with Gasteiger partial charge in [-0.2, -0.15) is 0 Å². The number of fused-ring (bicyclic) bond motifs is 14. The normalized spacial score (nSPS) is 23.1. The summed E-state index contributed by atoms with van der Waals surface area (Å²) < 4.78 is 0. The van der Waals surface area contributed by atoms with Gasteiger partial charge in [0.05, 0.1) is 5.69 Å². The zero-order chi connectivity index (χ0) is 80.6. The maximum Gasteiger partial charge on any atom is 0.0540 e. The third-order valence-corrected chi connectivity index (χ3v) is 32.0. The van der Waals surface area contributed by atoms with Gasteiger partial charge in [-0.3, -0.25) is 0 Å². The molecule has 0 amide bonds. The van der Waals surface area contributed by atoms with Crippen molar-refractivity contribution in [3.63, 3.8) is 0 Å². The van der Waals surface area contributed by atoms with Crippen molar-refractivity contribution in [1.29, 1.82) is 0 Å². The second-order valence-corrected chi connectivity index (χ2v) is 38.8. The first-order chi connectivity index (χ1) is 59.3. The van der Waals surface area contributed by atoms with Crippen molar-refractivity contribution in [2.75, 3.05) is 10.2 Å². The van der Waals surface area contributed by atoms with E-state index < -0.39 is 0 Å². The lowest BCUT2D eigenvalue weighted by molar-refractivity contribution is -0.0399. The summed E-state index contributed by atoms with van der Waals surface area (Å²) in [5.74, 6) is 6.89. The first-order valence-corrected chi connectivity index (χ1v) is 45.3. The first kappa shape index (κ1) is 72.9. The molecule has 8 fully saturated rings. The van der Waals surface area contributed by atoms with Crippen LogP contribution in [0.25, 0.3) is 111 Å². The minimum absolute atomic E-state index is 0.0286. The van der Waals surface area contributed by atoms with Gasteiger partial charge in [-0.1, -0.05) is 318 Å². The van der Waals surface area contributed by atoms with Crippen molar-refractivity contribution in [2.45, 2.75) is 114 Å². The van der Waals surface area contributed by atoms with Crippen LogP contribution in [0.1, 0.15) is 136 Å². The monoisotopic (exact) mass is 1580 g/mol. The molecule has 8 saturated carbocycles. The summed E-state index contributed by atoms with van der Waals surface area (Å²) in [6.45, 7) is 9.40. The first-order valence-electron chi connectivity index (χ1n) is 44.9. The highest BCUT2D eigenvalue weighted by molar-refractivity contribution is 6.36. The Kier molecular flexibility index (Phi) is 16.9. The molecule has 2 spiro atoms. The van der Waals surface area contributed by atoms with E-state index in [2.05, 4.69) is 384 Å². The molecule has 0 aromatic heterocycles. The Morgan fingerprint density at radius 1 is 0.240 bits per heavy atom. The van der Waals surface area contributed by atoms with Gasteiger partial charge in [-0.15, -0.1) is 0 Å². The quantitative estimate of drug-likeness (QED) is 0.155. The highest BCUT2D eigenvalue weighted by Crippen LogP contribution is 2.72. The van der Waals surface area contributed by atoms with Gasteiger partial charge < -0.3 is 10.2 Å². The van der Waals surface area contributed by atoms with E-state index in [-0.39, 0.29) is 21.7 Å². The Balaban J connectivity index is 0.000000114. The summed E-state index contributed by atoms with van der Waals surface area (Å²) in [7, 11) is 0. The summed E-state index contributed by atoms with van der Waals surface area (Å²) in [6.07, 6.45) is 14.3. The molecule has 16 aromatic rings. The number of nitrogens with one attached hydrogen (secondary N) is 1. The molecule has 8 bridgehead atoms. The van der Waals surface area contributed by atoms with E-state index >= 15 is 0 Å². The number of benzene rings is 16. The SMILES string of the molecule is CC1(C)c2ccccc2-c2ccc(N(c3ccc(-c4ccccc4)cc3)c3ccc(-c4ccc5c(c4)C4(c6ccccc6-5)C5CC6CC(C5)CC4C6)c4ccccc34)cc21.CC1(C)c2ccccc2-c2ccc(Nc3ccc(-c4ccccc4)cc3)cc21.Clc1ccc(-c2ccc3c(c2)C2(c4ccccc4-3)C3CC4CC(C3)CC2C4)c2ccccc12. The fourth-order valence-corrected chi connectivity index (χ4v) is 27.1. The number of hydrogen-bond donors (Lipinski definition) is 1. The highest BCUT2D eigenvalue weighted by Gasteiger charge is 2.63. The molecule has 0 heterocycles. The zero-order valence-electron chi connectivity index (χ0n) is 69.5. The van der Waals surface area contributed by atoms with Gasteiger partial charge in [0, 0.05) is 60.2 Å². The molecule has 16 aromatic carbocycles. The molecule has 588 valence electrons. The van der Waals surface area contributed by atoms with Crippen LogP contribution >= 0.6 is 11.6 Å². The number of rotatable bonds is 9. The maximum atomic E-state index is 6.57. The lowest BCUT2D eigenvalue weighted by atomic mass is 9.43. The average molecular weight is 1580 g/mol. The van der Waals surface area contributed by atoms with Gasteiger partial charge in [-0.25, -0.2) is 0 Å². The maximum absolute atomic E-state index is 6.57. The molecular formula is C118H99ClN2. The Labute approximate surface area is 718 Å². The number of nitrogens with zero attached hydrogens (tertiary/aromatic N) is 1. The molecule has 121 heavy (non-hydrogen) atoms. The van der Waals surface area contributed by atoms with Crippen LogP contribution in [0.3, 0.4) is 0 Å². The molecule has 2 nitrogen and oxygen atoms in total. The van der Waals surface area contributed by atoms with Crippen LogP contribution < -0.4 is 10.2 Å². The van der Waals surface area contributed by atoms with Gasteiger partial charge in [0.1, 0.15) is 0 Å². The number of hydrogen-bond acceptors (Lipinski definition) is 2. The summed E-state index contributed by atoms with van der Waals surface area (Å²) in [4.78, 5) is 2.50. The number of halogens is 1. The molecule has 0 atom stereocenters. The van der Waals surface area contributed by atoms with Crippen molar-refractivity contribution in [3.8, 4) is 89.0 Å². The van der Waals surface area contributed by atoms with Crippen molar-refractivity contribution < 1.29 is 0 Å². The fraction of sp³-hybridized carbons (Fsp3) is 0.220. The number of anilines is 5. The molecular weight excluding hydrogens is 1480 g/mol. The van der Waals surface area contributed by atoms with Crippen LogP contribution in [0.4, 0.5) is 28.4 Å². The predicted molar refractivity (Wildman–Crippen MR) is 507 cm³/mol. The van der Waals surface area contributed by atoms with Gasteiger partial charge in [0.25, 0.3) is 0 Å². The van der Waals surface area contributed by atoms with Gasteiger partial charge in [-0.05, 0) is 329 Å². The second kappa shape index (κ2) is 28.0. The van der Waals surface area contributed by atoms with Crippen LogP contribution in [0.2, 0.25) is 5.02 Å². The Morgan fingerprint density at radius 2 is 0.570 bits per heavy atom. The van der Waals surface area contributed by atoms with Crippen molar-refractivity contribution >= 4 is 61.6 Å². The Morgan fingerprint density at radius 3 is 1.07 bits per heavy atom. The fourth-order valence-electron chi connectivity index (χ4n) is 26.9. The zero-order valence-corrected chi connectivity index (χ0v) is 70.3. The molecule has 28 rings (SSSR count). The van der Waals surface area contributed by atoms with Crippen LogP contribution in [0.15, 0.2) is 352 Å². The molecule has 3 heteroatoms. The van der Waals surface area contributed by atoms with E-state index in [1.165, 1.54) is 203 Å². The van der Waals surface area contributed by atoms with E-state index in [0.29, 0.717) is 0 Å². The predicted octanol–water partition coefficient (Wildman–Crippen LogP) is 32.0. The summed E-state index contributed by atoms with van der Waals surface area (Å²) in [5, 5.41) is 9.36. The molecule has 12 aliphatic rings. The topological polar surface area (TPSA) is 15.3 Å². The van der Waals surface area contributed by atoms with Crippen LogP contribution in [0.5, 0.6) is 0 Å². The van der Waals surface area contributed by atoms with Crippen LogP contribution in [-0.2, 0) is 21.7 Å². The molecule has 0 radical (unpaired) electrons.